The van der Waals surface area contributed by atoms with Crippen LogP contribution in [0.2, 0.25) is 5.02 Å². The summed E-state index contributed by atoms with van der Waals surface area (Å²) in [7, 11) is 0. The van der Waals surface area contributed by atoms with Crippen molar-refractivity contribution >= 4 is 17.3 Å². The van der Waals surface area contributed by atoms with E-state index in [0.29, 0.717) is 11.6 Å². The van der Waals surface area contributed by atoms with Crippen molar-refractivity contribution in [3.63, 3.8) is 0 Å². The summed E-state index contributed by atoms with van der Waals surface area (Å²) in [5, 5.41) is 9.49. The molecule has 0 spiro atoms. The molecular formula is C12H17ClN4O. The van der Waals surface area contributed by atoms with Gasteiger partial charge in [0.1, 0.15) is 5.02 Å². The average molecular weight is 269 g/mol. The molecule has 1 saturated carbocycles. The van der Waals surface area contributed by atoms with Gasteiger partial charge < -0.3 is 10.2 Å². The van der Waals surface area contributed by atoms with E-state index in [9.17, 15) is 4.79 Å². The van der Waals surface area contributed by atoms with Gasteiger partial charge in [0.05, 0.1) is 11.9 Å². The van der Waals surface area contributed by atoms with E-state index < -0.39 is 0 Å². The van der Waals surface area contributed by atoms with Gasteiger partial charge >= 0.3 is 0 Å². The summed E-state index contributed by atoms with van der Waals surface area (Å²) in [5.41, 5.74) is 0.290. The summed E-state index contributed by atoms with van der Waals surface area (Å²) in [6.45, 7) is 3.22. The fraction of sp³-hybridized carbons (Fsp3) is 0.667. The van der Waals surface area contributed by atoms with E-state index in [2.05, 4.69) is 20.4 Å². The summed E-state index contributed by atoms with van der Waals surface area (Å²) in [6, 6.07) is 0.847. The number of halogens is 1. The van der Waals surface area contributed by atoms with Gasteiger partial charge in [0.25, 0.3) is 5.56 Å². The molecule has 0 radical (unpaired) electrons. The lowest BCUT2D eigenvalue weighted by molar-refractivity contribution is 0.316. The Morgan fingerprint density at radius 2 is 2.33 bits per heavy atom. The molecule has 6 heteroatoms. The summed E-state index contributed by atoms with van der Waals surface area (Å²) < 4.78 is 0. The van der Waals surface area contributed by atoms with Gasteiger partial charge in [-0.1, -0.05) is 11.6 Å². The molecule has 2 N–H and O–H groups in total. The van der Waals surface area contributed by atoms with Crippen LogP contribution in [-0.2, 0) is 0 Å². The number of aromatic nitrogens is 2. The van der Waals surface area contributed by atoms with Crippen LogP contribution < -0.4 is 10.9 Å². The first-order valence-corrected chi connectivity index (χ1v) is 6.83. The smallest absolute Gasteiger partial charge is 0.285 e. The van der Waals surface area contributed by atoms with Crippen LogP contribution in [0.25, 0.3) is 0 Å². The first-order valence-electron chi connectivity index (χ1n) is 6.45. The van der Waals surface area contributed by atoms with Crippen molar-refractivity contribution in [2.75, 3.05) is 25.0 Å². The lowest BCUT2D eigenvalue weighted by Crippen LogP contribution is -2.25. The predicted octanol–water partition coefficient (Wildman–Crippen LogP) is 1.32. The number of aromatic amines is 1. The standard InChI is InChI=1S/C12H17ClN4O/c13-11-10(6-15-16-12(11)18)14-5-8-3-4-17(7-8)9-1-2-9/h6,8-9H,1-5,7H2,(H2,14,16,18). The van der Waals surface area contributed by atoms with Gasteiger partial charge in [-0.3, -0.25) is 4.79 Å². The van der Waals surface area contributed by atoms with Gasteiger partial charge in [0.15, 0.2) is 0 Å². The maximum atomic E-state index is 11.3. The van der Waals surface area contributed by atoms with Crippen LogP contribution in [0.1, 0.15) is 19.3 Å². The van der Waals surface area contributed by atoms with E-state index in [1.54, 1.807) is 6.20 Å². The lowest BCUT2D eigenvalue weighted by atomic mass is 10.1. The fourth-order valence-corrected chi connectivity index (χ4v) is 2.72. The molecule has 1 unspecified atom stereocenters. The number of H-pyrrole nitrogens is 1. The highest BCUT2D eigenvalue weighted by molar-refractivity contribution is 6.32. The van der Waals surface area contributed by atoms with Gasteiger partial charge in [-0.2, -0.15) is 5.10 Å². The number of hydrogen-bond donors (Lipinski definition) is 2. The Balaban J connectivity index is 1.55. The largest absolute Gasteiger partial charge is 0.382 e. The van der Waals surface area contributed by atoms with Crippen LogP contribution in [0.15, 0.2) is 11.0 Å². The first kappa shape index (κ1) is 12.0. The monoisotopic (exact) mass is 268 g/mol. The summed E-state index contributed by atoms with van der Waals surface area (Å²) in [4.78, 5) is 13.9. The van der Waals surface area contributed by atoms with E-state index >= 15 is 0 Å². The zero-order chi connectivity index (χ0) is 12.5. The second-order valence-corrected chi connectivity index (χ2v) is 5.57. The number of hydrogen-bond acceptors (Lipinski definition) is 4. The highest BCUT2D eigenvalue weighted by atomic mass is 35.5. The minimum absolute atomic E-state index is 0.196. The van der Waals surface area contributed by atoms with E-state index in [1.807, 2.05) is 0 Å². The molecule has 2 heterocycles. The molecule has 5 nitrogen and oxygen atoms in total. The fourth-order valence-electron chi connectivity index (χ4n) is 2.56. The highest BCUT2D eigenvalue weighted by Gasteiger charge is 2.34. The quantitative estimate of drug-likeness (QED) is 0.865. The topological polar surface area (TPSA) is 61.0 Å². The molecule has 1 aromatic rings. The Kier molecular flexibility index (Phi) is 3.26. The minimum atomic E-state index is -0.340. The zero-order valence-electron chi connectivity index (χ0n) is 10.2. The second-order valence-electron chi connectivity index (χ2n) is 5.19. The third-order valence-electron chi connectivity index (χ3n) is 3.76. The third-order valence-corrected chi connectivity index (χ3v) is 4.13. The number of nitrogens with zero attached hydrogens (tertiary/aromatic N) is 2. The first-order chi connectivity index (χ1) is 8.74. The molecule has 18 heavy (non-hydrogen) atoms. The van der Waals surface area contributed by atoms with Crippen LogP contribution in [0.4, 0.5) is 5.69 Å². The second kappa shape index (κ2) is 4.90. The number of anilines is 1. The van der Waals surface area contributed by atoms with E-state index in [-0.39, 0.29) is 10.6 Å². The molecule has 98 valence electrons. The molecule has 0 aromatic carbocycles. The van der Waals surface area contributed by atoms with Crippen LogP contribution in [0.3, 0.4) is 0 Å². The van der Waals surface area contributed by atoms with E-state index in [1.165, 1.54) is 25.8 Å². The molecule has 0 amide bonds. The van der Waals surface area contributed by atoms with E-state index in [0.717, 1.165) is 19.1 Å². The molecule has 1 aliphatic carbocycles. The number of rotatable bonds is 4. The summed E-state index contributed by atoms with van der Waals surface area (Å²) in [6.07, 6.45) is 5.52. The van der Waals surface area contributed by atoms with Crippen LogP contribution >= 0.6 is 11.6 Å². The van der Waals surface area contributed by atoms with Crippen molar-refractivity contribution in [1.29, 1.82) is 0 Å². The Bertz CT molecular complexity index is 485. The maximum Gasteiger partial charge on any atom is 0.285 e. The zero-order valence-corrected chi connectivity index (χ0v) is 10.9. The maximum absolute atomic E-state index is 11.3. The minimum Gasteiger partial charge on any atom is -0.382 e. The van der Waals surface area contributed by atoms with Crippen molar-refractivity contribution in [3.8, 4) is 0 Å². The Morgan fingerprint density at radius 3 is 3.11 bits per heavy atom. The van der Waals surface area contributed by atoms with Gasteiger partial charge in [-0.15, -0.1) is 0 Å². The molecular weight excluding hydrogens is 252 g/mol. The molecule has 2 aliphatic rings. The molecule has 0 bridgehead atoms. The van der Waals surface area contributed by atoms with Crippen molar-refractivity contribution in [2.24, 2.45) is 5.92 Å². The van der Waals surface area contributed by atoms with Crippen molar-refractivity contribution in [3.05, 3.63) is 21.6 Å². The molecule has 1 saturated heterocycles. The average Bonchev–Trinajstić information content (AvgIpc) is 3.11. The van der Waals surface area contributed by atoms with Crippen molar-refractivity contribution < 1.29 is 0 Å². The van der Waals surface area contributed by atoms with Gasteiger partial charge in [-0.25, -0.2) is 5.10 Å². The third kappa shape index (κ3) is 2.52. The molecule has 1 aliphatic heterocycles. The predicted molar refractivity (Wildman–Crippen MR) is 71.1 cm³/mol. The van der Waals surface area contributed by atoms with Crippen LogP contribution in [0, 0.1) is 5.92 Å². The normalized spacial score (nSPS) is 24.4. The molecule has 1 aromatic heterocycles. The van der Waals surface area contributed by atoms with Gasteiger partial charge in [-0.05, 0) is 31.7 Å². The van der Waals surface area contributed by atoms with Crippen molar-refractivity contribution in [2.45, 2.75) is 25.3 Å². The SMILES string of the molecule is O=c1[nH]ncc(NCC2CCN(C3CC3)C2)c1Cl. The van der Waals surface area contributed by atoms with Crippen LogP contribution in [0.5, 0.6) is 0 Å². The summed E-state index contributed by atoms with van der Waals surface area (Å²) in [5.74, 6) is 0.640. The lowest BCUT2D eigenvalue weighted by Gasteiger charge is -2.15. The van der Waals surface area contributed by atoms with Crippen molar-refractivity contribution in [1.82, 2.24) is 15.1 Å². The number of likely N-dealkylation sites (tertiary alicyclic amines) is 1. The molecule has 3 rings (SSSR count). The van der Waals surface area contributed by atoms with Gasteiger partial charge in [0, 0.05) is 19.1 Å². The Labute approximate surface area is 111 Å². The number of nitrogens with one attached hydrogen (secondary N) is 2. The van der Waals surface area contributed by atoms with E-state index in [4.69, 9.17) is 11.6 Å². The molecule has 2 fully saturated rings. The Morgan fingerprint density at radius 1 is 1.50 bits per heavy atom. The van der Waals surface area contributed by atoms with Crippen LogP contribution in [-0.4, -0.2) is 40.8 Å². The molecule has 1 atom stereocenters. The van der Waals surface area contributed by atoms with Gasteiger partial charge in [0.2, 0.25) is 0 Å². The highest BCUT2D eigenvalue weighted by Crippen LogP contribution is 2.31. The summed E-state index contributed by atoms with van der Waals surface area (Å²) >= 11 is 5.91. The Hall–Kier alpha value is -1.07.